The number of carbonyl (C=O) groups is 1. The number of aryl methyl sites for hydroxylation is 1. The number of carbonyl (C=O) groups excluding carboxylic acids is 1. The van der Waals surface area contributed by atoms with E-state index in [9.17, 15) is 26.7 Å². The first-order valence-corrected chi connectivity index (χ1v) is 9.16. The van der Waals surface area contributed by atoms with Crippen molar-refractivity contribution in [3.05, 3.63) is 35.9 Å². The third kappa shape index (κ3) is 4.15. The van der Waals surface area contributed by atoms with Crippen molar-refractivity contribution in [1.82, 2.24) is 29.7 Å². The largest absolute Gasteiger partial charge is 0.437 e. The fourth-order valence-corrected chi connectivity index (χ4v) is 3.25. The van der Waals surface area contributed by atoms with Gasteiger partial charge in [0.05, 0.1) is 11.9 Å². The Balaban J connectivity index is 1.60. The summed E-state index contributed by atoms with van der Waals surface area (Å²) in [7, 11) is 1.29. The Kier molecular flexibility index (Phi) is 5.03. The molecular weight excluding hydrogens is 427 g/mol. The predicted molar refractivity (Wildman–Crippen MR) is 99.0 cm³/mol. The highest BCUT2D eigenvalue weighted by Crippen LogP contribution is 2.33. The van der Waals surface area contributed by atoms with Gasteiger partial charge in [-0.3, -0.25) is 9.48 Å². The second kappa shape index (κ2) is 7.44. The van der Waals surface area contributed by atoms with Gasteiger partial charge >= 0.3 is 6.18 Å². The standard InChI is InChI=1S/C17H17F5N8O/c1-29-8-10(13(28-29)17(20,21)22)25-15(31)9-6-24-30-5-2-12(27-14(9)30)26-11-7-23-4-3-16(11,18)19/h2,5-6,8,11,23H,3-4,7H2,1H3,(H,25,31)(H,26,27)/t11-/m0/s1. The van der Waals surface area contributed by atoms with Crippen molar-refractivity contribution in [2.45, 2.75) is 24.6 Å². The van der Waals surface area contributed by atoms with Crippen LogP contribution in [0.15, 0.2) is 24.7 Å². The number of rotatable bonds is 4. The van der Waals surface area contributed by atoms with Gasteiger partial charge in [0, 0.05) is 39.0 Å². The van der Waals surface area contributed by atoms with E-state index in [4.69, 9.17) is 0 Å². The van der Waals surface area contributed by atoms with Crippen LogP contribution in [0.25, 0.3) is 5.65 Å². The second-order valence-electron chi connectivity index (χ2n) is 7.07. The maximum absolute atomic E-state index is 14.1. The molecule has 9 nitrogen and oxygen atoms in total. The molecule has 0 bridgehead atoms. The van der Waals surface area contributed by atoms with Gasteiger partial charge < -0.3 is 16.0 Å². The van der Waals surface area contributed by atoms with Crippen LogP contribution in [-0.4, -0.2) is 55.3 Å². The molecule has 0 unspecified atom stereocenters. The molecule has 0 aromatic carbocycles. The van der Waals surface area contributed by atoms with Crippen molar-refractivity contribution in [3.63, 3.8) is 0 Å². The maximum Gasteiger partial charge on any atom is 0.437 e. The van der Waals surface area contributed by atoms with Crippen LogP contribution in [0.1, 0.15) is 22.5 Å². The zero-order chi connectivity index (χ0) is 22.4. The third-order valence-electron chi connectivity index (χ3n) is 4.77. The number of hydrogen-bond acceptors (Lipinski definition) is 6. The highest BCUT2D eigenvalue weighted by Gasteiger charge is 2.42. The zero-order valence-electron chi connectivity index (χ0n) is 16.0. The van der Waals surface area contributed by atoms with Gasteiger partial charge in [-0.2, -0.15) is 23.4 Å². The Morgan fingerprint density at radius 1 is 1.35 bits per heavy atom. The van der Waals surface area contributed by atoms with Crippen LogP contribution in [0.2, 0.25) is 0 Å². The fraction of sp³-hybridized carbons (Fsp3) is 0.412. The summed E-state index contributed by atoms with van der Waals surface area (Å²) < 4.78 is 69.6. The molecule has 3 N–H and O–H groups in total. The van der Waals surface area contributed by atoms with Gasteiger partial charge in [0.2, 0.25) is 0 Å². The van der Waals surface area contributed by atoms with Gasteiger partial charge in [-0.15, -0.1) is 0 Å². The lowest BCUT2D eigenvalue weighted by Gasteiger charge is -2.32. The minimum absolute atomic E-state index is 0.00738. The Bertz CT molecular complexity index is 1120. The molecule has 1 fully saturated rings. The first kappa shape index (κ1) is 21.0. The van der Waals surface area contributed by atoms with E-state index in [2.05, 4.69) is 31.1 Å². The molecule has 4 heterocycles. The molecule has 0 radical (unpaired) electrons. The van der Waals surface area contributed by atoms with Gasteiger partial charge in [0.1, 0.15) is 17.4 Å². The summed E-state index contributed by atoms with van der Waals surface area (Å²) in [5.41, 5.74) is -1.91. The third-order valence-corrected chi connectivity index (χ3v) is 4.77. The highest BCUT2D eigenvalue weighted by molar-refractivity contribution is 6.08. The molecule has 1 atom stereocenters. The monoisotopic (exact) mass is 444 g/mol. The SMILES string of the molecule is Cn1cc(NC(=O)c2cnn3ccc(N[C@H]4CNCCC4(F)F)nc23)c(C(F)(F)F)n1. The number of halogens is 5. The van der Waals surface area contributed by atoms with Gasteiger partial charge in [-0.1, -0.05) is 0 Å². The molecule has 3 aromatic heterocycles. The molecule has 1 saturated heterocycles. The Hall–Kier alpha value is -3.29. The van der Waals surface area contributed by atoms with Crippen molar-refractivity contribution in [2.75, 3.05) is 23.7 Å². The molecule has 0 saturated carbocycles. The predicted octanol–water partition coefficient (Wildman–Crippen LogP) is 2.14. The first-order chi connectivity index (χ1) is 14.5. The van der Waals surface area contributed by atoms with Crippen molar-refractivity contribution in [1.29, 1.82) is 0 Å². The lowest BCUT2D eigenvalue weighted by atomic mass is 10.0. The number of aromatic nitrogens is 5. The summed E-state index contributed by atoms with van der Waals surface area (Å²) >= 11 is 0. The van der Waals surface area contributed by atoms with E-state index in [0.717, 1.165) is 17.1 Å². The lowest BCUT2D eigenvalue weighted by Crippen LogP contribution is -2.52. The molecule has 0 spiro atoms. The summed E-state index contributed by atoms with van der Waals surface area (Å²) in [5, 5.41) is 14.9. The van der Waals surface area contributed by atoms with Crippen molar-refractivity contribution < 1.29 is 26.7 Å². The Labute approximate surface area is 171 Å². The van der Waals surface area contributed by atoms with Gasteiger partial charge in [0.15, 0.2) is 11.3 Å². The van der Waals surface area contributed by atoms with Crippen molar-refractivity contribution in [2.24, 2.45) is 7.05 Å². The minimum Gasteiger partial charge on any atom is -0.360 e. The number of nitrogens with one attached hydrogen (secondary N) is 3. The average Bonchev–Trinajstić information content (AvgIpc) is 3.26. The Morgan fingerprint density at radius 3 is 2.84 bits per heavy atom. The van der Waals surface area contributed by atoms with Crippen molar-refractivity contribution >= 4 is 23.1 Å². The van der Waals surface area contributed by atoms with E-state index < -0.39 is 35.4 Å². The quantitative estimate of drug-likeness (QED) is 0.533. The van der Waals surface area contributed by atoms with Gasteiger partial charge in [0.25, 0.3) is 11.8 Å². The molecule has 4 rings (SSSR count). The molecule has 31 heavy (non-hydrogen) atoms. The summed E-state index contributed by atoms with van der Waals surface area (Å²) in [6.07, 6.45) is -1.55. The van der Waals surface area contributed by atoms with E-state index in [0.29, 0.717) is 0 Å². The zero-order valence-corrected chi connectivity index (χ0v) is 16.0. The van der Waals surface area contributed by atoms with Crippen LogP contribution in [-0.2, 0) is 13.2 Å². The summed E-state index contributed by atoms with van der Waals surface area (Å²) in [6.45, 7) is 0.215. The van der Waals surface area contributed by atoms with Gasteiger partial charge in [-0.05, 0) is 6.07 Å². The van der Waals surface area contributed by atoms with E-state index in [1.807, 2.05) is 0 Å². The van der Waals surface area contributed by atoms with Crippen LogP contribution in [0.3, 0.4) is 0 Å². The fourth-order valence-electron chi connectivity index (χ4n) is 3.25. The highest BCUT2D eigenvalue weighted by atomic mass is 19.4. The van der Waals surface area contributed by atoms with E-state index >= 15 is 0 Å². The van der Waals surface area contributed by atoms with Crippen LogP contribution in [0, 0.1) is 0 Å². The molecule has 0 aliphatic carbocycles. The second-order valence-corrected chi connectivity index (χ2v) is 7.07. The molecule has 1 aliphatic heterocycles. The van der Waals surface area contributed by atoms with E-state index in [1.54, 1.807) is 0 Å². The number of alkyl halides is 5. The smallest absolute Gasteiger partial charge is 0.360 e. The van der Waals surface area contributed by atoms with Crippen molar-refractivity contribution in [3.8, 4) is 0 Å². The summed E-state index contributed by atoms with van der Waals surface area (Å²) in [5.74, 6) is -3.77. The molecule has 1 amide bonds. The lowest BCUT2D eigenvalue weighted by molar-refractivity contribution is -0.140. The number of hydrogen-bond donors (Lipinski definition) is 3. The summed E-state index contributed by atoms with van der Waals surface area (Å²) in [4.78, 5) is 16.8. The van der Waals surface area contributed by atoms with E-state index in [1.165, 1.54) is 23.8 Å². The normalized spacial score (nSPS) is 18.8. The number of amides is 1. The number of anilines is 2. The van der Waals surface area contributed by atoms with Crippen LogP contribution >= 0.6 is 0 Å². The molecule has 14 heteroatoms. The molecule has 1 aliphatic rings. The summed E-state index contributed by atoms with van der Waals surface area (Å²) in [6, 6.07) is 0.205. The van der Waals surface area contributed by atoms with Crippen LogP contribution in [0.4, 0.5) is 33.5 Å². The van der Waals surface area contributed by atoms with Crippen LogP contribution < -0.4 is 16.0 Å². The Morgan fingerprint density at radius 2 is 2.13 bits per heavy atom. The number of piperidine rings is 1. The number of fused-ring (bicyclic) bond motifs is 1. The molecule has 166 valence electrons. The first-order valence-electron chi connectivity index (χ1n) is 9.16. The average molecular weight is 444 g/mol. The molecular formula is C17H17F5N8O. The van der Waals surface area contributed by atoms with Crippen LogP contribution in [0.5, 0.6) is 0 Å². The van der Waals surface area contributed by atoms with Gasteiger partial charge in [-0.25, -0.2) is 18.3 Å². The minimum atomic E-state index is -4.76. The molecule has 3 aromatic rings. The van der Waals surface area contributed by atoms with E-state index in [-0.39, 0.29) is 36.5 Å². The number of nitrogens with zero attached hydrogens (tertiary/aromatic N) is 5. The maximum atomic E-state index is 14.1. The topological polar surface area (TPSA) is 101 Å².